The molecule has 8 heterocycles. The minimum Gasteiger partial charge on any atom is -0.335 e. The first-order valence-corrected chi connectivity index (χ1v) is 40.0. The molecule has 8 aliphatic rings. The summed E-state index contributed by atoms with van der Waals surface area (Å²) in [6.07, 6.45) is 9.47. The average Bonchev–Trinajstić information content (AvgIpc) is 1.50. The number of fused-ring (bicyclic) bond motifs is 14. The fourth-order valence-corrected chi connectivity index (χ4v) is 22.6. The Bertz CT molecular complexity index is 6080. The van der Waals surface area contributed by atoms with Crippen molar-refractivity contribution in [1.29, 1.82) is 0 Å². The lowest BCUT2D eigenvalue weighted by Crippen LogP contribution is -2.64. The number of benzene rings is 12. The zero-order valence-electron chi connectivity index (χ0n) is 63.9. The summed E-state index contributed by atoms with van der Waals surface area (Å²) in [5, 5.41) is 2.53. The summed E-state index contributed by atoms with van der Waals surface area (Å²) in [4.78, 5) is 10.9. The molecule has 6 nitrogen and oxygen atoms in total. The Kier molecular flexibility index (Phi) is 13.3. The van der Waals surface area contributed by atoms with Crippen molar-refractivity contribution < 1.29 is 0 Å². The molecule has 0 spiro atoms. The SMILES string of the molecule is CC(C)(C)c1ccc(N(c2ccc(C(C)(C)C)cc2)c2cc3c4c(c2)-n2c(-c5ccccc5)cc5c(-c6cccc(N(c7ccccc7)c7cc8c9c(c7)-n7c(-c%10ccccc%10)cc%10cccc(c%107)B9c7cccc9c7N8C7(C)CCCCC97C)c6)ccc(c52)B4c2cccc4c2N3C2(C)CCCCC42C)cc1. The van der Waals surface area contributed by atoms with Crippen LogP contribution in [0, 0.1) is 0 Å². The standard InChI is InChI=1S/C100H90B2N6/c1-95(2,3)67-42-46-70(47-43-67)103(71-48-44-68(45-49-71)96(4,5)6)73-58-86-90-87(60-73)107-94-78(98(8)53-21-22-54-99(98,107)9)38-27-41-81(94)102(90)82-51-50-75(76-62-84(106(86)92(76)82)64-30-16-12-17-31-64)65-32-24-36-72(56-65)104(69-34-18-13-19-35-69)74-59-85-89-88(61-74)108-93-77(97(7)52-20-23-55-100(97,108)10)37-26-40-80(93)101(89)79-39-25-33-66-57-83(105(85)91(66)79)63-28-14-11-15-29-63/h11-19,24-51,56-62H,20-23,52-55H2,1-10H3. The molecule has 108 heavy (non-hydrogen) atoms. The van der Waals surface area contributed by atoms with Crippen molar-refractivity contribution in [2.24, 2.45) is 0 Å². The molecule has 526 valence electrons. The highest BCUT2D eigenvalue weighted by molar-refractivity contribution is 7.01. The molecule has 0 bridgehead atoms. The molecule has 6 aliphatic heterocycles. The van der Waals surface area contributed by atoms with E-state index in [0.717, 1.165) is 53.4 Å². The van der Waals surface area contributed by atoms with Gasteiger partial charge in [0.2, 0.25) is 0 Å². The van der Waals surface area contributed by atoms with E-state index in [4.69, 9.17) is 0 Å². The molecule has 2 aliphatic carbocycles. The summed E-state index contributed by atoms with van der Waals surface area (Å²) in [6, 6.07) is 104. The quantitative estimate of drug-likeness (QED) is 0.134. The molecule has 12 aromatic carbocycles. The van der Waals surface area contributed by atoms with Gasteiger partial charge in [0.1, 0.15) is 0 Å². The third-order valence-corrected chi connectivity index (χ3v) is 28.3. The van der Waals surface area contributed by atoms with Crippen LogP contribution in [0.5, 0.6) is 0 Å². The highest BCUT2D eigenvalue weighted by atomic mass is 15.3. The predicted octanol–water partition coefficient (Wildman–Crippen LogP) is 21.9. The smallest absolute Gasteiger partial charge is 0.252 e. The van der Waals surface area contributed by atoms with Crippen LogP contribution in [0.2, 0.25) is 0 Å². The van der Waals surface area contributed by atoms with Crippen molar-refractivity contribution in [3.63, 3.8) is 0 Å². The maximum atomic E-state index is 2.90. The van der Waals surface area contributed by atoms with Gasteiger partial charge >= 0.3 is 0 Å². The molecule has 4 atom stereocenters. The zero-order chi connectivity index (χ0) is 72.9. The zero-order valence-corrected chi connectivity index (χ0v) is 63.9. The molecule has 8 heteroatoms. The van der Waals surface area contributed by atoms with Gasteiger partial charge in [-0.2, -0.15) is 0 Å². The second-order valence-electron chi connectivity index (χ2n) is 35.8. The van der Waals surface area contributed by atoms with E-state index in [1.165, 1.54) is 177 Å². The van der Waals surface area contributed by atoms with Gasteiger partial charge in [0.05, 0.1) is 33.8 Å². The number of hydrogen-bond donors (Lipinski definition) is 0. The Hall–Kier alpha value is -11.0. The summed E-state index contributed by atoms with van der Waals surface area (Å²) in [7, 11) is 0. The first kappa shape index (κ1) is 64.2. The van der Waals surface area contributed by atoms with Crippen LogP contribution in [0.1, 0.15) is 143 Å². The van der Waals surface area contributed by atoms with E-state index in [0.29, 0.717) is 0 Å². The third kappa shape index (κ3) is 8.52. The van der Waals surface area contributed by atoms with Gasteiger partial charge in [-0.25, -0.2) is 0 Å². The van der Waals surface area contributed by atoms with Crippen molar-refractivity contribution in [3.8, 4) is 45.0 Å². The van der Waals surface area contributed by atoms with E-state index in [-0.39, 0.29) is 46.2 Å². The molecule has 0 saturated heterocycles. The highest BCUT2D eigenvalue weighted by Crippen LogP contribution is 2.64. The van der Waals surface area contributed by atoms with E-state index in [1.54, 1.807) is 0 Å². The van der Waals surface area contributed by atoms with Crippen molar-refractivity contribution >= 4 is 125 Å². The lowest BCUT2D eigenvalue weighted by Gasteiger charge is -2.52. The summed E-state index contributed by atoms with van der Waals surface area (Å²) in [6.45, 7) is 24.4. The first-order chi connectivity index (χ1) is 52.3. The molecule has 0 N–H and O–H groups in total. The van der Waals surface area contributed by atoms with E-state index >= 15 is 0 Å². The van der Waals surface area contributed by atoms with Crippen LogP contribution in [-0.2, 0) is 21.7 Å². The molecular formula is C100H90B2N6. The molecule has 22 rings (SSSR count). The van der Waals surface area contributed by atoms with E-state index in [1.807, 2.05) is 0 Å². The number of para-hydroxylation sites is 4. The van der Waals surface area contributed by atoms with Crippen LogP contribution >= 0.6 is 0 Å². The van der Waals surface area contributed by atoms with Crippen molar-refractivity contribution in [2.75, 3.05) is 19.6 Å². The Morgan fingerprint density at radius 1 is 0.333 bits per heavy atom. The average molecular weight is 1400 g/mol. The van der Waals surface area contributed by atoms with Gasteiger partial charge in [-0.1, -0.05) is 263 Å². The maximum absolute atomic E-state index is 2.90. The first-order valence-electron chi connectivity index (χ1n) is 40.0. The second-order valence-corrected chi connectivity index (χ2v) is 35.8. The monoisotopic (exact) mass is 1400 g/mol. The molecule has 14 aromatic rings. The topological polar surface area (TPSA) is 22.8 Å². The van der Waals surface area contributed by atoms with Crippen LogP contribution < -0.4 is 52.4 Å². The van der Waals surface area contributed by atoms with Crippen LogP contribution in [0.4, 0.5) is 56.9 Å². The number of rotatable bonds is 9. The number of hydrogen-bond acceptors (Lipinski definition) is 4. The second kappa shape index (κ2) is 22.3. The fourth-order valence-electron chi connectivity index (χ4n) is 22.6. The Morgan fingerprint density at radius 3 is 1.28 bits per heavy atom. The number of anilines is 10. The van der Waals surface area contributed by atoms with Crippen LogP contribution in [0.25, 0.3) is 66.8 Å². The fraction of sp³-hybridized carbons (Fsp3) is 0.240. The van der Waals surface area contributed by atoms with Gasteiger partial charge in [-0.3, -0.25) is 0 Å². The van der Waals surface area contributed by atoms with Gasteiger partial charge in [0.25, 0.3) is 13.4 Å². The summed E-state index contributed by atoms with van der Waals surface area (Å²) in [5.74, 6) is 0. The largest absolute Gasteiger partial charge is 0.335 e. The maximum Gasteiger partial charge on any atom is 0.252 e. The highest BCUT2D eigenvalue weighted by Gasteiger charge is 2.63. The molecule has 4 unspecified atom stereocenters. The minimum atomic E-state index is -0.159. The molecule has 2 saturated carbocycles. The van der Waals surface area contributed by atoms with Gasteiger partial charge in [-0.05, 0) is 213 Å². The van der Waals surface area contributed by atoms with E-state index in [9.17, 15) is 0 Å². The summed E-state index contributed by atoms with van der Waals surface area (Å²) in [5.41, 5.74) is 38.3. The predicted molar refractivity (Wildman–Crippen MR) is 458 cm³/mol. The Morgan fingerprint density at radius 2 is 0.750 bits per heavy atom. The van der Waals surface area contributed by atoms with Crippen LogP contribution in [0.15, 0.2) is 267 Å². The van der Waals surface area contributed by atoms with Gasteiger partial charge < -0.3 is 28.7 Å². The Balaban J connectivity index is 0.788. The number of nitrogens with zero attached hydrogens (tertiary/aromatic N) is 6. The van der Waals surface area contributed by atoms with Gasteiger partial charge in [0, 0.05) is 89.5 Å². The van der Waals surface area contributed by atoms with Crippen LogP contribution in [-0.4, -0.2) is 33.6 Å². The molecule has 2 aromatic heterocycles. The Labute approximate surface area is 637 Å². The lowest BCUT2D eigenvalue weighted by molar-refractivity contribution is 0.195. The van der Waals surface area contributed by atoms with Crippen molar-refractivity contribution in [3.05, 3.63) is 289 Å². The van der Waals surface area contributed by atoms with Crippen LogP contribution in [0.3, 0.4) is 0 Å². The number of aromatic nitrogens is 2. The normalized spacial score (nSPS) is 20.6. The molecule has 0 radical (unpaired) electrons. The summed E-state index contributed by atoms with van der Waals surface area (Å²) < 4.78 is 5.37. The minimum absolute atomic E-state index is 0.00343. The molecule has 2 fully saturated rings. The summed E-state index contributed by atoms with van der Waals surface area (Å²) >= 11 is 0. The van der Waals surface area contributed by atoms with Gasteiger partial charge in [-0.15, -0.1) is 0 Å². The van der Waals surface area contributed by atoms with Crippen molar-refractivity contribution in [1.82, 2.24) is 9.13 Å². The third-order valence-electron chi connectivity index (χ3n) is 28.3. The molecular weight excluding hydrogens is 1310 g/mol. The lowest BCUT2D eigenvalue weighted by atomic mass is 9.33. The van der Waals surface area contributed by atoms with E-state index < -0.39 is 0 Å². The molecule has 0 amide bonds. The van der Waals surface area contributed by atoms with Gasteiger partial charge in [0.15, 0.2) is 0 Å². The van der Waals surface area contributed by atoms with Crippen molar-refractivity contribution in [2.45, 2.75) is 153 Å². The van der Waals surface area contributed by atoms with E-state index in [2.05, 4.69) is 365 Å².